The van der Waals surface area contributed by atoms with Crippen LogP contribution in [0.3, 0.4) is 0 Å². The average Bonchev–Trinajstić information content (AvgIpc) is 2.98. The highest BCUT2D eigenvalue weighted by Crippen LogP contribution is 2.22. The quantitative estimate of drug-likeness (QED) is 0.0662. The summed E-state index contributed by atoms with van der Waals surface area (Å²) in [6.45, 7) is 4.54. The molecule has 0 aliphatic heterocycles. The zero-order valence-corrected chi connectivity index (χ0v) is 26.1. The number of hydrogen-bond donors (Lipinski definition) is 5. The molecule has 2 rings (SSSR count). The SMILES string of the molecule is CC(NC(=O)C(CC(=O)Cc1ccccc1)Cc1ccccc1)C(=O)C(=O)NC(CCCN=C(N)N)C(=O)CC(C)(C)C(N)=O. The summed E-state index contributed by atoms with van der Waals surface area (Å²) in [7, 11) is 0. The third kappa shape index (κ3) is 12.7. The van der Waals surface area contributed by atoms with Gasteiger partial charge in [-0.2, -0.15) is 0 Å². The number of guanidine groups is 1. The number of ketones is 3. The number of aliphatic imine (C=N–C) groups is 1. The summed E-state index contributed by atoms with van der Waals surface area (Å²) >= 11 is 0. The summed E-state index contributed by atoms with van der Waals surface area (Å²) in [5.41, 5.74) is 16.6. The second-order valence-corrected chi connectivity index (χ2v) is 11.8. The van der Waals surface area contributed by atoms with Crippen LogP contribution in [-0.2, 0) is 41.6 Å². The summed E-state index contributed by atoms with van der Waals surface area (Å²) in [6.07, 6.45) is 0.458. The fraction of sp³-hybridized carbons (Fsp3) is 0.424. The minimum Gasteiger partial charge on any atom is -0.370 e. The number of amides is 3. The van der Waals surface area contributed by atoms with Gasteiger partial charge in [-0.3, -0.25) is 33.8 Å². The van der Waals surface area contributed by atoms with Gasteiger partial charge in [0.1, 0.15) is 5.78 Å². The maximum Gasteiger partial charge on any atom is 0.290 e. The van der Waals surface area contributed by atoms with Crippen molar-refractivity contribution in [1.82, 2.24) is 10.6 Å². The van der Waals surface area contributed by atoms with Crippen LogP contribution in [-0.4, -0.2) is 59.7 Å². The van der Waals surface area contributed by atoms with Crippen molar-refractivity contribution in [2.24, 2.45) is 33.5 Å². The van der Waals surface area contributed by atoms with E-state index in [9.17, 15) is 28.8 Å². The van der Waals surface area contributed by atoms with Gasteiger partial charge in [0.25, 0.3) is 5.91 Å². The van der Waals surface area contributed by atoms with Gasteiger partial charge in [-0.15, -0.1) is 0 Å². The van der Waals surface area contributed by atoms with Crippen LogP contribution in [0.2, 0.25) is 0 Å². The van der Waals surface area contributed by atoms with Gasteiger partial charge in [-0.05, 0) is 37.3 Å². The summed E-state index contributed by atoms with van der Waals surface area (Å²) in [6, 6.07) is 16.0. The van der Waals surface area contributed by atoms with Gasteiger partial charge >= 0.3 is 0 Å². The van der Waals surface area contributed by atoms with E-state index in [-0.39, 0.29) is 50.4 Å². The average molecular weight is 621 g/mol. The first-order chi connectivity index (χ1) is 21.2. The van der Waals surface area contributed by atoms with Crippen molar-refractivity contribution in [3.05, 3.63) is 71.8 Å². The molecule has 0 heterocycles. The van der Waals surface area contributed by atoms with Crippen LogP contribution in [0, 0.1) is 11.3 Å². The van der Waals surface area contributed by atoms with Gasteiger partial charge in [0.15, 0.2) is 11.7 Å². The van der Waals surface area contributed by atoms with Crippen molar-refractivity contribution >= 4 is 41.0 Å². The number of carbonyl (C=O) groups is 6. The van der Waals surface area contributed by atoms with Crippen molar-refractivity contribution in [1.29, 1.82) is 0 Å². The standard InChI is InChI=1S/C33H44N6O6/c1-21(28(42)30(44)39-26(15-10-16-37-32(35)36)27(41)20-33(2,3)31(34)45)38-29(43)24(17-22-11-6-4-7-12-22)19-25(40)18-23-13-8-5-9-14-23/h4-9,11-14,21,24,26H,10,15-20H2,1-3H3,(H2,34,45)(H,38,43)(H,39,44)(H4,35,36,37). The summed E-state index contributed by atoms with van der Waals surface area (Å²) in [5.74, 6) is -4.88. The monoisotopic (exact) mass is 620 g/mol. The lowest BCUT2D eigenvalue weighted by Gasteiger charge is -2.24. The number of rotatable bonds is 19. The first kappa shape index (κ1) is 36.3. The number of nitrogens with two attached hydrogens (primary N) is 3. The minimum atomic E-state index is -1.25. The lowest BCUT2D eigenvalue weighted by Crippen LogP contribution is -2.52. The topological polar surface area (TPSA) is 217 Å². The van der Waals surface area contributed by atoms with E-state index in [1.165, 1.54) is 20.8 Å². The van der Waals surface area contributed by atoms with E-state index in [0.717, 1.165) is 11.1 Å². The third-order valence-corrected chi connectivity index (χ3v) is 7.31. The van der Waals surface area contributed by atoms with Crippen LogP contribution in [0.4, 0.5) is 0 Å². The highest BCUT2D eigenvalue weighted by atomic mass is 16.2. The lowest BCUT2D eigenvalue weighted by atomic mass is 9.84. The molecule has 0 bridgehead atoms. The van der Waals surface area contributed by atoms with Gasteiger partial charge in [0.2, 0.25) is 17.6 Å². The molecule has 0 fully saturated rings. The highest BCUT2D eigenvalue weighted by molar-refractivity contribution is 6.38. The molecule has 45 heavy (non-hydrogen) atoms. The Kier molecular flexibility index (Phi) is 14.1. The minimum absolute atomic E-state index is 0.0647. The van der Waals surface area contributed by atoms with Crippen LogP contribution in [0.25, 0.3) is 0 Å². The summed E-state index contributed by atoms with van der Waals surface area (Å²) in [4.78, 5) is 81.1. The van der Waals surface area contributed by atoms with Gasteiger partial charge in [0.05, 0.1) is 17.5 Å². The van der Waals surface area contributed by atoms with E-state index in [2.05, 4.69) is 15.6 Å². The Morgan fingerprint density at radius 2 is 1.42 bits per heavy atom. The predicted octanol–water partition coefficient (Wildman–Crippen LogP) is 1.13. The van der Waals surface area contributed by atoms with Crippen molar-refractivity contribution in [2.45, 2.75) is 71.4 Å². The van der Waals surface area contributed by atoms with Crippen LogP contribution < -0.4 is 27.8 Å². The van der Waals surface area contributed by atoms with E-state index < -0.39 is 52.7 Å². The zero-order valence-electron chi connectivity index (χ0n) is 26.1. The van der Waals surface area contributed by atoms with Crippen molar-refractivity contribution in [3.63, 3.8) is 0 Å². The van der Waals surface area contributed by atoms with Crippen molar-refractivity contribution < 1.29 is 28.8 Å². The second kappa shape index (κ2) is 17.4. The molecular weight excluding hydrogens is 576 g/mol. The Bertz CT molecular complexity index is 1370. The third-order valence-electron chi connectivity index (χ3n) is 7.31. The molecule has 0 saturated carbocycles. The number of benzene rings is 2. The Balaban J connectivity index is 2.13. The molecule has 2 aromatic rings. The Hall–Kier alpha value is -4.87. The van der Waals surface area contributed by atoms with E-state index in [1.807, 2.05) is 60.7 Å². The fourth-order valence-corrected chi connectivity index (χ4v) is 4.61. The molecule has 0 aliphatic carbocycles. The number of primary amides is 1. The van der Waals surface area contributed by atoms with Gasteiger partial charge in [-0.1, -0.05) is 74.5 Å². The molecule has 0 spiro atoms. The molecule has 12 heteroatoms. The number of nitrogens with one attached hydrogen (secondary N) is 2. The Morgan fingerprint density at radius 3 is 1.98 bits per heavy atom. The van der Waals surface area contributed by atoms with E-state index >= 15 is 0 Å². The molecule has 0 radical (unpaired) electrons. The number of nitrogens with zero attached hydrogens (tertiary/aromatic N) is 1. The van der Waals surface area contributed by atoms with Gasteiger partial charge in [0, 0.05) is 31.7 Å². The fourth-order valence-electron chi connectivity index (χ4n) is 4.61. The maximum atomic E-state index is 13.4. The highest BCUT2D eigenvalue weighted by Gasteiger charge is 2.34. The number of hydrogen-bond acceptors (Lipinski definition) is 7. The molecule has 242 valence electrons. The molecule has 12 nitrogen and oxygen atoms in total. The maximum absolute atomic E-state index is 13.4. The molecule has 8 N–H and O–H groups in total. The molecule has 2 aromatic carbocycles. The van der Waals surface area contributed by atoms with E-state index in [4.69, 9.17) is 17.2 Å². The first-order valence-electron chi connectivity index (χ1n) is 14.8. The molecule has 0 aliphatic rings. The van der Waals surface area contributed by atoms with Gasteiger partial charge in [-0.25, -0.2) is 0 Å². The first-order valence-corrected chi connectivity index (χ1v) is 14.8. The smallest absolute Gasteiger partial charge is 0.290 e. The molecule has 3 atom stereocenters. The zero-order chi connectivity index (χ0) is 33.6. The molecular formula is C33H44N6O6. The van der Waals surface area contributed by atoms with Crippen molar-refractivity contribution in [2.75, 3.05) is 6.54 Å². The molecule has 3 amide bonds. The van der Waals surface area contributed by atoms with Crippen LogP contribution >= 0.6 is 0 Å². The predicted molar refractivity (Wildman–Crippen MR) is 170 cm³/mol. The normalized spacial score (nSPS) is 13.0. The molecule has 0 aromatic heterocycles. The van der Waals surface area contributed by atoms with Gasteiger partial charge < -0.3 is 27.8 Å². The molecule has 3 unspecified atom stereocenters. The summed E-state index contributed by atoms with van der Waals surface area (Å²) < 4.78 is 0. The van der Waals surface area contributed by atoms with Crippen molar-refractivity contribution in [3.8, 4) is 0 Å². The van der Waals surface area contributed by atoms with Crippen LogP contribution in [0.1, 0.15) is 57.6 Å². The number of carbonyl (C=O) groups excluding carboxylic acids is 6. The van der Waals surface area contributed by atoms with Crippen LogP contribution in [0.15, 0.2) is 65.7 Å². The summed E-state index contributed by atoms with van der Waals surface area (Å²) in [5, 5.41) is 5.02. The second-order valence-electron chi connectivity index (χ2n) is 11.8. The largest absolute Gasteiger partial charge is 0.370 e. The Labute approximate surface area is 263 Å². The number of Topliss-reactive ketones (excluding diaryl/α,β-unsaturated/α-hetero) is 3. The van der Waals surface area contributed by atoms with E-state index in [1.54, 1.807) is 0 Å². The Morgan fingerprint density at radius 1 is 0.844 bits per heavy atom. The lowest BCUT2D eigenvalue weighted by molar-refractivity contribution is -0.142. The molecule has 0 saturated heterocycles. The van der Waals surface area contributed by atoms with Crippen LogP contribution in [0.5, 0.6) is 0 Å². The van der Waals surface area contributed by atoms with E-state index in [0.29, 0.717) is 6.42 Å².